The van der Waals surface area contributed by atoms with E-state index in [2.05, 4.69) is 32.5 Å². The zero-order valence-corrected chi connectivity index (χ0v) is 21.9. The van der Waals surface area contributed by atoms with Gasteiger partial charge in [0.1, 0.15) is 6.54 Å². The average Bonchev–Trinajstić information content (AvgIpc) is 3.42. The highest BCUT2D eigenvalue weighted by Gasteiger charge is 2.31. The van der Waals surface area contributed by atoms with Crippen molar-refractivity contribution in [1.82, 2.24) is 29.5 Å². The van der Waals surface area contributed by atoms with Gasteiger partial charge in [0, 0.05) is 37.8 Å². The van der Waals surface area contributed by atoms with Crippen LogP contribution in [0.4, 0.5) is 11.6 Å². The number of carbonyl (C=O) groups is 2. The van der Waals surface area contributed by atoms with Gasteiger partial charge in [0.25, 0.3) is 5.91 Å². The van der Waals surface area contributed by atoms with Crippen LogP contribution in [0.3, 0.4) is 0 Å². The average molecular weight is 528 g/mol. The second-order valence-corrected chi connectivity index (χ2v) is 10.1. The van der Waals surface area contributed by atoms with E-state index in [-0.39, 0.29) is 18.4 Å². The van der Waals surface area contributed by atoms with Gasteiger partial charge >= 0.3 is 0 Å². The number of amides is 2. The summed E-state index contributed by atoms with van der Waals surface area (Å²) in [6.07, 6.45) is 4.07. The van der Waals surface area contributed by atoms with Gasteiger partial charge in [0.15, 0.2) is 0 Å². The lowest BCUT2D eigenvalue weighted by atomic mass is 10.00. The van der Waals surface area contributed by atoms with Crippen molar-refractivity contribution in [3.8, 4) is 11.3 Å². The third-order valence-electron chi connectivity index (χ3n) is 7.30. The molecule has 0 saturated heterocycles. The summed E-state index contributed by atoms with van der Waals surface area (Å²) in [7, 11) is 1.86. The summed E-state index contributed by atoms with van der Waals surface area (Å²) in [6, 6.07) is 13.8. The first-order valence-electron chi connectivity index (χ1n) is 12.4. The first-order valence-corrected chi connectivity index (χ1v) is 12.8. The van der Waals surface area contributed by atoms with Crippen LogP contribution in [0.15, 0.2) is 54.9 Å². The maximum atomic E-state index is 13.3. The molecule has 0 aliphatic carbocycles. The Bertz CT molecular complexity index is 1580. The van der Waals surface area contributed by atoms with Crippen LogP contribution in [0.25, 0.3) is 11.3 Å². The highest BCUT2D eigenvalue weighted by molar-refractivity contribution is 6.33. The number of fused-ring (bicyclic) bond motifs is 2. The molecule has 4 heterocycles. The second kappa shape index (κ2) is 9.57. The molecule has 0 fully saturated rings. The van der Waals surface area contributed by atoms with E-state index in [1.54, 1.807) is 21.8 Å². The topological polar surface area (TPSA) is 96.2 Å². The molecule has 192 valence electrons. The van der Waals surface area contributed by atoms with Crippen LogP contribution >= 0.6 is 11.6 Å². The van der Waals surface area contributed by atoms with Gasteiger partial charge in [-0.3, -0.25) is 14.3 Å². The molecule has 1 N–H and O–H groups in total. The Labute approximate surface area is 225 Å². The number of nitrogens with one attached hydrogen (secondary N) is 1. The Kier molecular flexibility index (Phi) is 6.07. The Morgan fingerprint density at radius 1 is 1.08 bits per heavy atom. The molecule has 6 rings (SSSR count). The Hall–Kier alpha value is -4.24. The molecule has 0 saturated carbocycles. The van der Waals surface area contributed by atoms with Crippen molar-refractivity contribution in [3.05, 3.63) is 87.8 Å². The Balaban J connectivity index is 1.19. The van der Waals surface area contributed by atoms with E-state index in [0.717, 1.165) is 23.4 Å². The Morgan fingerprint density at radius 2 is 1.89 bits per heavy atom. The number of hydrogen-bond acceptors (Lipinski definition) is 6. The van der Waals surface area contributed by atoms with Crippen molar-refractivity contribution >= 4 is 35.1 Å². The van der Waals surface area contributed by atoms with Crippen LogP contribution < -0.4 is 5.32 Å². The zero-order chi connectivity index (χ0) is 26.4. The number of carbonyl (C=O) groups excluding carboxylic acids is 2. The molecular formula is C28H26ClN7O2. The van der Waals surface area contributed by atoms with E-state index in [9.17, 15) is 9.59 Å². The molecule has 2 amide bonds. The molecule has 4 aromatic rings. The van der Waals surface area contributed by atoms with E-state index in [1.807, 2.05) is 43.1 Å². The van der Waals surface area contributed by atoms with E-state index in [1.165, 1.54) is 17.3 Å². The largest absolute Gasteiger partial charge is 0.336 e. The third kappa shape index (κ3) is 4.39. The van der Waals surface area contributed by atoms with Crippen LogP contribution in [-0.2, 0) is 31.4 Å². The first kappa shape index (κ1) is 24.1. The monoisotopic (exact) mass is 527 g/mol. The molecule has 2 aliphatic heterocycles. The molecule has 2 aromatic heterocycles. The normalized spacial score (nSPS) is 14.4. The molecule has 2 aromatic carbocycles. The predicted molar refractivity (Wildman–Crippen MR) is 144 cm³/mol. The molecule has 0 radical (unpaired) electrons. The van der Waals surface area contributed by atoms with Crippen molar-refractivity contribution < 1.29 is 9.59 Å². The van der Waals surface area contributed by atoms with Gasteiger partial charge in [-0.2, -0.15) is 5.10 Å². The van der Waals surface area contributed by atoms with Crippen molar-refractivity contribution in [2.75, 3.05) is 18.4 Å². The molecule has 9 nitrogen and oxygen atoms in total. The summed E-state index contributed by atoms with van der Waals surface area (Å²) in [5.74, 6) is 0.172. The number of benzene rings is 2. The zero-order valence-electron chi connectivity index (χ0n) is 21.1. The second-order valence-electron chi connectivity index (χ2n) is 9.65. The third-order valence-corrected chi connectivity index (χ3v) is 7.57. The molecule has 10 heteroatoms. The molecule has 0 spiro atoms. The van der Waals surface area contributed by atoms with E-state index < -0.39 is 0 Å². The Morgan fingerprint density at radius 3 is 2.68 bits per heavy atom. The summed E-state index contributed by atoms with van der Waals surface area (Å²) >= 11 is 6.46. The first-order chi connectivity index (χ1) is 18.4. The van der Waals surface area contributed by atoms with Crippen molar-refractivity contribution in [1.29, 1.82) is 0 Å². The highest BCUT2D eigenvalue weighted by atomic mass is 35.5. The van der Waals surface area contributed by atoms with Gasteiger partial charge in [-0.25, -0.2) is 9.97 Å². The number of rotatable bonds is 5. The molecule has 0 bridgehead atoms. The maximum absolute atomic E-state index is 13.3. The molecule has 38 heavy (non-hydrogen) atoms. The predicted octanol–water partition coefficient (Wildman–Crippen LogP) is 4.12. The van der Waals surface area contributed by atoms with Crippen LogP contribution in [-0.4, -0.2) is 54.5 Å². The van der Waals surface area contributed by atoms with Gasteiger partial charge in [0.05, 0.1) is 34.5 Å². The van der Waals surface area contributed by atoms with Crippen LogP contribution in [0.2, 0.25) is 5.02 Å². The lowest BCUT2D eigenvalue weighted by Gasteiger charge is -2.30. The maximum Gasteiger partial charge on any atom is 0.254 e. The van der Waals surface area contributed by atoms with Gasteiger partial charge < -0.3 is 15.1 Å². The van der Waals surface area contributed by atoms with E-state index in [0.29, 0.717) is 47.4 Å². The highest BCUT2D eigenvalue weighted by Crippen LogP contribution is 2.32. The number of aryl methyl sites for hydroxylation is 1. The minimum atomic E-state index is -0.165. The minimum absolute atomic E-state index is 0.0406. The van der Waals surface area contributed by atoms with Crippen LogP contribution in [0, 0.1) is 6.92 Å². The minimum Gasteiger partial charge on any atom is -0.336 e. The quantitative estimate of drug-likeness (QED) is 0.419. The van der Waals surface area contributed by atoms with E-state index in [4.69, 9.17) is 11.6 Å². The number of aromatic nitrogens is 4. The van der Waals surface area contributed by atoms with Gasteiger partial charge in [-0.15, -0.1) is 0 Å². The molecule has 0 unspecified atom stereocenters. The summed E-state index contributed by atoms with van der Waals surface area (Å²) in [5.41, 5.74) is 6.85. The standard InChI is InChI=1S/C28H26ClN7O2/c1-17-24(13-31-34(17)2)32-28-30-12-23(29)26(33-28)19-7-8-21-15-36(27(38)22(21)11-19)16-25(37)35-10-9-18-5-3-4-6-20(18)14-35/h3-8,11-13H,9-10,14-16H2,1-2H3,(H,30,32,33). The van der Waals surface area contributed by atoms with Crippen LogP contribution in [0.1, 0.15) is 32.7 Å². The van der Waals surface area contributed by atoms with Gasteiger partial charge in [-0.05, 0) is 36.1 Å². The fraction of sp³-hybridized carbons (Fsp3) is 0.250. The number of anilines is 2. The molecular weight excluding hydrogens is 502 g/mol. The van der Waals surface area contributed by atoms with Gasteiger partial charge in [0.2, 0.25) is 11.9 Å². The fourth-order valence-corrected chi connectivity index (χ4v) is 5.18. The van der Waals surface area contributed by atoms with Crippen molar-refractivity contribution in [2.45, 2.75) is 26.4 Å². The molecule has 0 atom stereocenters. The number of nitrogens with zero attached hydrogens (tertiary/aromatic N) is 6. The van der Waals surface area contributed by atoms with Crippen LogP contribution in [0.5, 0.6) is 0 Å². The lowest BCUT2D eigenvalue weighted by Crippen LogP contribution is -2.42. The number of halogens is 1. The summed E-state index contributed by atoms with van der Waals surface area (Å²) in [5, 5.41) is 7.78. The van der Waals surface area contributed by atoms with Crippen molar-refractivity contribution in [3.63, 3.8) is 0 Å². The fourth-order valence-electron chi connectivity index (χ4n) is 4.98. The smallest absolute Gasteiger partial charge is 0.254 e. The molecule has 2 aliphatic rings. The number of hydrogen-bond donors (Lipinski definition) is 1. The summed E-state index contributed by atoms with van der Waals surface area (Å²) in [6.45, 7) is 3.64. The SMILES string of the molecule is Cc1c(Nc2ncc(Cl)c(-c3ccc4c(c3)C(=O)N(CC(=O)N3CCc5ccccc5C3)C4)n2)cnn1C. The summed E-state index contributed by atoms with van der Waals surface area (Å²) < 4.78 is 1.76. The lowest BCUT2D eigenvalue weighted by molar-refractivity contribution is -0.132. The van der Waals surface area contributed by atoms with Crippen molar-refractivity contribution in [2.24, 2.45) is 7.05 Å². The van der Waals surface area contributed by atoms with E-state index >= 15 is 0 Å². The summed E-state index contributed by atoms with van der Waals surface area (Å²) in [4.78, 5) is 38.7. The van der Waals surface area contributed by atoms with Gasteiger partial charge in [-0.1, -0.05) is 48.0 Å².